The Hall–Kier alpha value is -1.87. The number of hydrogen-bond donors (Lipinski definition) is 2. The Bertz CT molecular complexity index is 706. The predicted octanol–water partition coefficient (Wildman–Crippen LogP) is 6.36. The van der Waals surface area contributed by atoms with E-state index in [1.165, 1.54) is 22.3 Å². The highest BCUT2D eigenvalue weighted by atomic mass is 32.1. The largest absolute Gasteiger partial charge is 0.332 e. The molecule has 2 N–H and O–H groups in total. The Labute approximate surface area is 151 Å². The number of rotatable bonds is 4. The lowest BCUT2D eigenvalue weighted by Crippen LogP contribution is -2.22. The second-order valence-corrected chi connectivity index (χ2v) is 7.43. The van der Waals surface area contributed by atoms with Gasteiger partial charge in [-0.25, -0.2) is 0 Å². The van der Waals surface area contributed by atoms with Gasteiger partial charge in [0.25, 0.3) is 0 Å². The smallest absolute Gasteiger partial charge is 0.175 e. The number of hydrogen-bond acceptors (Lipinski definition) is 1. The summed E-state index contributed by atoms with van der Waals surface area (Å²) in [4.78, 5) is 0. The Morgan fingerprint density at radius 3 is 1.96 bits per heavy atom. The van der Waals surface area contributed by atoms with Crippen LogP contribution in [0, 0.1) is 13.8 Å². The van der Waals surface area contributed by atoms with Crippen molar-refractivity contribution in [1.29, 1.82) is 0 Å². The van der Waals surface area contributed by atoms with E-state index in [1.54, 1.807) is 0 Å². The third-order valence-corrected chi connectivity index (χ3v) is 4.45. The number of thiocarbonyl (C=S) groups is 1. The molecule has 0 bridgehead atoms. The molecule has 3 heteroatoms. The monoisotopic (exact) mass is 340 g/mol. The van der Waals surface area contributed by atoms with E-state index in [4.69, 9.17) is 12.2 Å². The first-order valence-corrected chi connectivity index (χ1v) is 8.98. The molecule has 0 atom stereocenters. The van der Waals surface area contributed by atoms with Crippen LogP contribution in [0.2, 0.25) is 0 Å². The van der Waals surface area contributed by atoms with E-state index in [2.05, 4.69) is 88.6 Å². The minimum atomic E-state index is 0.440. The van der Waals surface area contributed by atoms with Gasteiger partial charge >= 0.3 is 0 Å². The van der Waals surface area contributed by atoms with Crippen LogP contribution in [0.4, 0.5) is 11.4 Å². The molecule has 2 aromatic carbocycles. The van der Waals surface area contributed by atoms with Gasteiger partial charge in [-0.2, -0.15) is 0 Å². The fourth-order valence-electron chi connectivity index (χ4n) is 2.92. The summed E-state index contributed by atoms with van der Waals surface area (Å²) in [5.74, 6) is 0.880. The van der Waals surface area contributed by atoms with E-state index in [9.17, 15) is 0 Å². The maximum Gasteiger partial charge on any atom is 0.175 e. The summed E-state index contributed by atoms with van der Waals surface area (Å²) in [5.41, 5.74) is 7.23. The molecule has 0 aliphatic carbocycles. The summed E-state index contributed by atoms with van der Waals surface area (Å²) in [5, 5.41) is 7.43. The van der Waals surface area contributed by atoms with E-state index in [-0.39, 0.29) is 0 Å². The molecule has 0 saturated carbocycles. The van der Waals surface area contributed by atoms with Crippen molar-refractivity contribution in [2.75, 3.05) is 10.6 Å². The van der Waals surface area contributed by atoms with Crippen LogP contribution in [0.15, 0.2) is 36.4 Å². The van der Waals surface area contributed by atoms with Crippen molar-refractivity contribution in [2.24, 2.45) is 0 Å². The molecule has 0 heterocycles. The molecule has 24 heavy (non-hydrogen) atoms. The number of para-hydroxylation sites is 1. The zero-order chi connectivity index (χ0) is 17.9. The normalized spacial score (nSPS) is 11.0. The van der Waals surface area contributed by atoms with Gasteiger partial charge in [0.1, 0.15) is 0 Å². The van der Waals surface area contributed by atoms with Crippen LogP contribution in [0.25, 0.3) is 0 Å². The summed E-state index contributed by atoms with van der Waals surface area (Å²) in [6.07, 6.45) is 0. The fraction of sp³-hybridized carbons (Fsp3) is 0.381. The Morgan fingerprint density at radius 1 is 0.875 bits per heavy atom. The van der Waals surface area contributed by atoms with Gasteiger partial charge < -0.3 is 10.6 Å². The predicted molar refractivity (Wildman–Crippen MR) is 110 cm³/mol. The highest BCUT2D eigenvalue weighted by molar-refractivity contribution is 7.80. The van der Waals surface area contributed by atoms with E-state index in [0.717, 1.165) is 11.4 Å². The molecule has 0 saturated heterocycles. The van der Waals surface area contributed by atoms with E-state index in [1.807, 2.05) is 0 Å². The quantitative estimate of drug-likeness (QED) is 0.633. The lowest BCUT2D eigenvalue weighted by Gasteiger charge is -2.22. The zero-order valence-electron chi connectivity index (χ0n) is 15.5. The molecule has 0 aliphatic rings. The van der Waals surface area contributed by atoms with Gasteiger partial charge in [-0.1, -0.05) is 63.6 Å². The molecule has 0 aromatic heterocycles. The molecule has 0 amide bonds. The topological polar surface area (TPSA) is 24.1 Å². The molecular weight excluding hydrogens is 312 g/mol. The molecular formula is C21H28N2S. The Morgan fingerprint density at radius 2 is 1.46 bits per heavy atom. The van der Waals surface area contributed by atoms with Crippen molar-refractivity contribution >= 4 is 28.7 Å². The first-order valence-electron chi connectivity index (χ1n) is 8.57. The van der Waals surface area contributed by atoms with Crippen molar-refractivity contribution < 1.29 is 0 Å². The van der Waals surface area contributed by atoms with Gasteiger partial charge in [0.15, 0.2) is 5.11 Å². The SMILES string of the molecule is Cc1ccc(NC(=S)Nc2c(C(C)C)cccc2C(C)C)c(C)c1. The Balaban J connectivity index is 2.28. The van der Waals surface area contributed by atoms with Crippen molar-refractivity contribution in [3.8, 4) is 0 Å². The summed E-state index contributed by atoms with van der Waals surface area (Å²) < 4.78 is 0. The first-order chi connectivity index (χ1) is 11.3. The van der Waals surface area contributed by atoms with Gasteiger partial charge in [-0.15, -0.1) is 0 Å². The molecule has 2 rings (SSSR count). The second-order valence-electron chi connectivity index (χ2n) is 7.02. The van der Waals surface area contributed by atoms with Gasteiger partial charge in [0.2, 0.25) is 0 Å². The molecule has 128 valence electrons. The van der Waals surface area contributed by atoms with Crippen LogP contribution in [-0.2, 0) is 0 Å². The maximum absolute atomic E-state index is 5.58. The van der Waals surface area contributed by atoms with Crippen molar-refractivity contribution in [1.82, 2.24) is 0 Å². The highest BCUT2D eigenvalue weighted by Crippen LogP contribution is 2.32. The Kier molecular flexibility index (Phi) is 6.00. The number of anilines is 2. The number of aryl methyl sites for hydroxylation is 2. The van der Waals surface area contributed by atoms with Crippen molar-refractivity contribution in [2.45, 2.75) is 53.4 Å². The van der Waals surface area contributed by atoms with Crippen LogP contribution in [0.5, 0.6) is 0 Å². The molecule has 0 spiro atoms. The van der Waals surface area contributed by atoms with Gasteiger partial charge in [0, 0.05) is 11.4 Å². The van der Waals surface area contributed by atoms with E-state index in [0.29, 0.717) is 16.9 Å². The van der Waals surface area contributed by atoms with Crippen LogP contribution in [0.1, 0.15) is 61.8 Å². The number of nitrogens with one attached hydrogen (secondary N) is 2. The van der Waals surface area contributed by atoms with Crippen LogP contribution < -0.4 is 10.6 Å². The molecule has 2 nitrogen and oxygen atoms in total. The average molecular weight is 341 g/mol. The van der Waals surface area contributed by atoms with Gasteiger partial charge in [-0.05, 0) is 60.7 Å². The minimum Gasteiger partial charge on any atom is -0.332 e. The summed E-state index contributed by atoms with van der Waals surface area (Å²) in [7, 11) is 0. The van der Waals surface area contributed by atoms with Crippen molar-refractivity contribution in [3.05, 3.63) is 58.7 Å². The van der Waals surface area contributed by atoms with Crippen LogP contribution in [-0.4, -0.2) is 5.11 Å². The summed E-state index contributed by atoms with van der Waals surface area (Å²) in [6, 6.07) is 12.8. The van der Waals surface area contributed by atoms with Crippen LogP contribution in [0.3, 0.4) is 0 Å². The third-order valence-electron chi connectivity index (χ3n) is 4.24. The second kappa shape index (κ2) is 7.80. The fourth-order valence-corrected chi connectivity index (χ4v) is 3.13. The summed E-state index contributed by atoms with van der Waals surface area (Å²) >= 11 is 5.58. The summed E-state index contributed by atoms with van der Waals surface area (Å²) in [6.45, 7) is 13.0. The zero-order valence-corrected chi connectivity index (χ0v) is 16.3. The van der Waals surface area contributed by atoms with E-state index < -0.39 is 0 Å². The lowest BCUT2D eigenvalue weighted by atomic mass is 9.93. The van der Waals surface area contributed by atoms with E-state index >= 15 is 0 Å². The molecule has 2 aromatic rings. The maximum atomic E-state index is 5.58. The molecule has 0 unspecified atom stereocenters. The molecule has 0 aliphatic heterocycles. The molecule has 0 fully saturated rings. The first kappa shape index (κ1) is 18.5. The highest BCUT2D eigenvalue weighted by Gasteiger charge is 2.15. The average Bonchev–Trinajstić information content (AvgIpc) is 2.49. The van der Waals surface area contributed by atoms with Gasteiger partial charge in [-0.3, -0.25) is 0 Å². The lowest BCUT2D eigenvalue weighted by molar-refractivity contribution is 0.839. The van der Waals surface area contributed by atoms with Crippen molar-refractivity contribution in [3.63, 3.8) is 0 Å². The minimum absolute atomic E-state index is 0.440. The standard InChI is InChI=1S/C21H28N2S/c1-13(2)17-8-7-9-18(14(3)4)20(17)23-21(24)22-19-11-10-15(5)12-16(19)6/h7-14H,1-6H3,(H2,22,23,24). The van der Waals surface area contributed by atoms with Gasteiger partial charge in [0.05, 0.1) is 0 Å². The third kappa shape index (κ3) is 4.35. The van der Waals surface area contributed by atoms with Crippen LogP contribution >= 0.6 is 12.2 Å². The number of benzene rings is 2. The molecule has 0 radical (unpaired) electrons.